The van der Waals surface area contributed by atoms with Gasteiger partial charge in [0.05, 0.1) is 0 Å². The molecule has 3 rings (SSSR count). The van der Waals surface area contributed by atoms with Crippen LogP contribution < -0.4 is 0 Å². The topological polar surface area (TPSA) is 0 Å². The minimum atomic E-state index is 1.16. The summed E-state index contributed by atoms with van der Waals surface area (Å²) in [5, 5.41) is 0. The first kappa shape index (κ1) is 12.0. The van der Waals surface area contributed by atoms with E-state index in [-0.39, 0.29) is 0 Å². The molecule has 0 nitrogen and oxygen atoms in total. The summed E-state index contributed by atoms with van der Waals surface area (Å²) in [5.74, 6) is 0. The van der Waals surface area contributed by atoms with Crippen LogP contribution in [0.2, 0.25) is 0 Å². The molecule has 0 radical (unpaired) electrons. The summed E-state index contributed by atoms with van der Waals surface area (Å²) in [5.41, 5.74) is 6.72. The van der Waals surface area contributed by atoms with E-state index in [1.54, 1.807) is 0 Å². The maximum Gasteiger partial charge on any atom is -0.0178 e. The second-order valence-electron chi connectivity index (χ2n) is 5.14. The summed E-state index contributed by atoms with van der Waals surface area (Å²) in [7, 11) is 0. The first-order chi connectivity index (χ1) is 9.33. The average Bonchev–Trinajstić information content (AvgIpc) is 2.48. The third-order valence-electron chi connectivity index (χ3n) is 3.61. The molecule has 0 atom stereocenters. The summed E-state index contributed by atoms with van der Waals surface area (Å²) in [4.78, 5) is 0. The van der Waals surface area contributed by atoms with Gasteiger partial charge in [-0.25, -0.2) is 0 Å². The predicted octanol–water partition coefficient (Wildman–Crippen LogP) is 5.48. The molecule has 1 aliphatic carbocycles. The van der Waals surface area contributed by atoms with Gasteiger partial charge in [0.2, 0.25) is 0 Å². The maximum absolute atomic E-state index is 2.34. The van der Waals surface area contributed by atoms with Crippen LogP contribution in [0.1, 0.15) is 25.3 Å². The summed E-state index contributed by atoms with van der Waals surface area (Å²) < 4.78 is 0. The first-order valence-electron chi connectivity index (χ1n) is 6.86. The fourth-order valence-corrected chi connectivity index (χ4v) is 2.56. The van der Waals surface area contributed by atoms with E-state index in [1.807, 2.05) is 0 Å². The van der Waals surface area contributed by atoms with E-state index in [4.69, 9.17) is 0 Å². The Morgan fingerprint density at radius 1 is 0.789 bits per heavy atom. The monoisotopic (exact) mass is 246 g/mol. The van der Waals surface area contributed by atoms with E-state index in [9.17, 15) is 0 Å². The molecule has 0 heteroatoms. The van der Waals surface area contributed by atoms with Crippen molar-refractivity contribution < 1.29 is 0 Å². The number of hydrogen-bond acceptors (Lipinski definition) is 0. The van der Waals surface area contributed by atoms with Gasteiger partial charge in [0.1, 0.15) is 0 Å². The second kappa shape index (κ2) is 5.27. The number of rotatable bonds is 2. The molecule has 0 heterocycles. The van der Waals surface area contributed by atoms with Gasteiger partial charge in [0.25, 0.3) is 0 Å². The van der Waals surface area contributed by atoms with Gasteiger partial charge in [0.15, 0.2) is 0 Å². The molecule has 0 N–H and O–H groups in total. The third kappa shape index (κ3) is 2.68. The molecule has 19 heavy (non-hydrogen) atoms. The molecule has 0 spiro atoms. The molecule has 0 unspecified atom stereocenters. The van der Waals surface area contributed by atoms with E-state index in [0.29, 0.717) is 0 Å². The van der Waals surface area contributed by atoms with Crippen molar-refractivity contribution in [3.8, 4) is 11.1 Å². The van der Waals surface area contributed by atoms with Crippen LogP contribution in [0.4, 0.5) is 0 Å². The lowest BCUT2D eigenvalue weighted by Crippen LogP contribution is -1.90. The highest BCUT2D eigenvalue weighted by molar-refractivity contribution is 5.78. The van der Waals surface area contributed by atoms with Crippen LogP contribution in [0.25, 0.3) is 16.7 Å². The Morgan fingerprint density at radius 3 is 2.32 bits per heavy atom. The van der Waals surface area contributed by atoms with Gasteiger partial charge in [-0.2, -0.15) is 0 Å². The molecule has 0 fully saturated rings. The lowest BCUT2D eigenvalue weighted by molar-refractivity contribution is 0.966. The van der Waals surface area contributed by atoms with Gasteiger partial charge in [-0.1, -0.05) is 66.3 Å². The van der Waals surface area contributed by atoms with E-state index in [0.717, 1.165) is 6.42 Å². The van der Waals surface area contributed by atoms with Crippen LogP contribution in [0.15, 0.2) is 72.3 Å². The Labute approximate surface area is 115 Å². The Morgan fingerprint density at radius 2 is 1.53 bits per heavy atom. The van der Waals surface area contributed by atoms with Gasteiger partial charge >= 0.3 is 0 Å². The second-order valence-corrected chi connectivity index (χ2v) is 5.14. The van der Waals surface area contributed by atoms with Crippen molar-refractivity contribution in [3.63, 3.8) is 0 Å². The standard InChI is InChI=1S/C19H18/c1-15-7-5-10-17(13-15)19-12-6-11-18(14-19)16-8-3-2-4-9-16/h2-4,6,8-14H,5,7H2,1H3. The normalized spacial score (nSPS) is 14.8. The van der Waals surface area contributed by atoms with Crippen molar-refractivity contribution in [2.75, 3.05) is 0 Å². The van der Waals surface area contributed by atoms with Gasteiger partial charge in [-0.3, -0.25) is 0 Å². The van der Waals surface area contributed by atoms with E-state index in [2.05, 4.69) is 73.7 Å². The van der Waals surface area contributed by atoms with E-state index >= 15 is 0 Å². The van der Waals surface area contributed by atoms with E-state index in [1.165, 1.54) is 34.3 Å². The summed E-state index contributed by atoms with van der Waals surface area (Å²) in [6.45, 7) is 2.22. The predicted molar refractivity (Wildman–Crippen MR) is 82.8 cm³/mol. The van der Waals surface area contributed by atoms with E-state index < -0.39 is 0 Å². The minimum absolute atomic E-state index is 1.16. The van der Waals surface area contributed by atoms with Crippen molar-refractivity contribution in [2.24, 2.45) is 0 Å². The Balaban J connectivity index is 1.99. The van der Waals surface area contributed by atoms with Crippen LogP contribution in [-0.2, 0) is 0 Å². The van der Waals surface area contributed by atoms with Crippen LogP contribution in [0.5, 0.6) is 0 Å². The third-order valence-corrected chi connectivity index (χ3v) is 3.61. The SMILES string of the molecule is CC1=CC(c2cccc(-c3ccccc3)c2)=CCC1. The Kier molecular flexibility index (Phi) is 3.33. The molecule has 0 saturated heterocycles. The largest absolute Gasteiger partial charge is 0.0763 e. The number of hydrogen-bond donors (Lipinski definition) is 0. The van der Waals surface area contributed by atoms with Crippen LogP contribution in [-0.4, -0.2) is 0 Å². The zero-order chi connectivity index (χ0) is 13.1. The fraction of sp³-hybridized carbons (Fsp3) is 0.158. The average molecular weight is 246 g/mol. The van der Waals surface area contributed by atoms with Crippen LogP contribution in [0, 0.1) is 0 Å². The first-order valence-corrected chi connectivity index (χ1v) is 6.86. The highest BCUT2D eigenvalue weighted by Crippen LogP contribution is 2.28. The molecule has 2 aromatic carbocycles. The lowest BCUT2D eigenvalue weighted by Gasteiger charge is -2.12. The van der Waals surface area contributed by atoms with Gasteiger partial charge in [-0.05, 0) is 48.1 Å². The van der Waals surface area contributed by atoms with Crippen LogP contribution in [0.3, 0.4) is 0 Å². The molecule has 0 bridgehead atoms. The van der Waals surface area contributed by atoms with Crippen molar-refractivity contribution in [2.45, 2.75) is 19.8 Å². The summed E-state index contributed by atoms with van der Waals surface area (Å²) >= 11 is 0. The van der Waals surface area contributed by atoms with Gasteiger partial charge in [0, 0.05) is 0 Å². The summed E-state index contributed by atoms with van der Waals surface area (Å²) in [6.07, 6.45) is 7.01. The van der Waals surface area contributed by atoms with Crippen molar-refractivity contribution in [1.29, 1.82) is 0 Å². The molecule has 2 aromatic rings. The fourth-order valence-electron chi connectivity index (χ4n) is 2.56. The zero-order valence-corrected chi connectivity index (χ0v) is 11.3. The molecule has 0 amide bonds. The number of benzene rings is 2. The van der Waals surface area contributed by atoms with Gasteiger partial charge in [-0.15, -0.1) is 0 Å². The molecule has 94 valence electrons. The highest BCUT2D eigenvalue weighted by atomic mass is 14.1. The molecule has 0 saturated carbocycles. The molecule has 0 aliphatic heterocycles. The minimum Gasteiger partial charge on any atom is -0.0763 e. The smallest absolute Gasteiger partial charge is 0.0178 e. The molecule has 0 aromatic heterocycles. The van der Waals surface area contributed by atoms with Crippen molar-refractivity contribution in [3.05, 3.63) is 77.9 Å². The Bertz CT molecular complexity index is 630. The lowest BCUT2D eigenvalue weighted by atomic mass is 9.93. The summed E-state index contributed by atoms with van der Waals surface area (Å²) in [6, 6.07) is 19.4. The quantitative estimate of drug-likeness (QED) is 0.658. The van der Waals surface area contributed by atoms with Crippen molar-refractivity contribution in [1.82, 2.24) is 0 Å². The zero-order valence-electron chi connectivity index (χ0n) is 11.3. The Hall–Kier alpha value is -2.08. The van der Waals surface area contributed by atoms with Crippen molar-refractivity contribution >= 4 is 5.57 Å². The molecular formula is C19H18. The number of allylic oxidation sites excluding steroid dienone is 4. The molecule has 1 aliphatic rings. The maximum atomic E-state index is 2.34. The molecular weight excluding hydrogens is 228 g/mol. The van der Waals surface area contributed by atoms with Gasteiger partial charge < -0.3 is 0 Å². The highest BCUT2D eigenvalue weighted by Gasteiger charge is 2.05. The van der Waals surface area contributed by atoms with Crippen LogP contribution >= 0.6 is 0 Å².